The Morgan fingerprint density at radius 2 is 2.44 bits per heavy atom. The molecule has 0 unspecified atom stereocenters. The summed E-state index contributed by atoms with van der Waals surface area (Å²) < 4.78 is 5.25. The summed E-state index contributed by atoms with van der Waals surface area (Å²) in [6, 6.07) is 0. The van der Waals surface area contributed by atoms with Crippen molar-refractivity contribution in [3.8, 4) is 0 Å². The Balaban J connectivity index is 2.38. The molecule has 0 N–H and O–H groups in total. The van der Waals surface area contributed by atoms with Gasteiger partial charge in [0.25, 0.3) is 0 Å². The van der Waals surface area contributed by atoms with Gasteiger partial charge < -0.3 is 9.53 Å². The average Bonchev–Trinajstić information content (AvgIpc) is 1.89. The van der Waals surface area contributed by atoms with Crippen LogP contribution in [0.25, 0.3) is 0 Å². The maximum absolute atomic E-state index is 10.3. The molecule has 1 rings (SSSR count). The normalized spacial score (nSPS) is 36.1. The van der Waals surface area contributed by atoms with Gasteiger partial charge in [0.1, 0.15) is 6.29 Å². The average molecular weight is 128 g/mol. The largest absolute Gasteiger partial charge is 0.378 e. The lowest BCUT2D eigenvalue weighted by molar-refractivity contribution is -0.118. The molecular formula is C7H12O2. The first kappa shape index (κ1) is 6.75. The van der Waals surface area contributed by atoms with Crippen molar-refractivity contribution < 1.29 is 9.53 Å². The van der Waals surface area contributed by atoms with E-state index in [1.165, 1.54) is 0 Å². The predicted molar refractivity (Wildman–Crippen MR) is 34.2 cm³/mol. The second-order valence-electron chi connectivity index (χ2n) is 2.52. The lowest BCUT2D eigenvalue weighted by Crippen LogP contribution is -2.27. The van der Waals surface area contributed by atoms with Gasteiger partial charge in [-0.2, -0.15) is 0 Å². The van der Waals surface area contributed by atoms with Gasteiger partial charge in [0, 0.05) is 12.5 Å². The summed E-state index contributed by atoms with van der Waals surface area (Å²) in [5.41, 5.74) is 0. The summed E-state index contributed by atoms with van der Waals surface area (Å²) in [6.45, 7) is 2.78. The van der Waals surface area contributed by atoms with Crippen molar-refractivity contribution in [1.82, 2.24) is 0 Å². The van der Waals surface area contributed by atoms with Gasteiger partial charge >= 0.3 is 0 Å². The van der Waals surface area contributed by atoms with Crippen LogP contribution >= 0.6 is 0 Å². The number of hydrogen-bond acceptors (Lipinski definition) is 2. The topological polar surface area (TPSA) is 26.3 Å². The fraction of sp³-hybridized carbons (Fsp3) is 0.857. The second-order valence-corrected chi connectivity index (χ2v) is 2.52. The molecule has 1 aliphatic rings. The van der Waals surface area contributed by atoms with Gasteiger partial charge in [-0.3, -0.25) is 0 Å². The molecular weight excluding hydrogens is 116 g/mol. The summed E-state index contributed by atoms with van der Waals surface area (Å²) in [5, 5.41) is 0. The van der Waals surface area contributed by atoms with Crippen LogP contribution in [0, 0.1) is 5.92 Å². The molecule has 0 bridgehead atoms. The molecule has 9 heavy (non-hydrogen) atoms. The minimum Gasteiger partial charge on any atom is -0.378 e. The van der Waals surface area contributed by atoms with Crippen LogP contribution in [0.1, 0.15) is 19.8 Å². The van der Waals surface area contributed by atoms with Crippen molar-refractivity contribution in [2.24, 2.45) is 5.92 Å². The third-order valence-corrected chi connectivity index (χ3v) is 1.84. The van der Waals surface area contributed by atoms with Crippen LogP contribution in [0.5, 0.6) is 0 Å². The molecule has 1 fully saturated rings. The van der Waals surface area contributed by atoms with E-state index in [9.17, 15) is 4.79 Å². The van der Waals surface area contributed by atoms with Gasteiger partial charge in [0.05, 0.1) is 6.10 Å². The van der Waals surface area contributed by atoms with E-state index in [0.717, 1.165) is 25.7 Å². The van der Waals surface area contributed by atoms with Gasteiger partial charge in [-0.1, -0.05) is 0 Å². The van der Waals surface area contributed by atoms with E-state index in [-0.39, 0.29) is 12.0 Å². The zero-order valence-corrected chi connectivity index (χ0v) is 5.67. The molecule has 0 aliphatic carbocycles. The molecule has 0 aromatic heterocycles. The smallest absolute Gasteiger partial charge is 0.125 e. The van der Waals surface area contributed by atoms with Crippen LogP contribution in [-0.2, 0) is 9.53 Å². The molecule has 0 amide bonds. The number of carbonyl (C=O) groups is 1. The van der Waals surface area contributed by atoms with E-state index in [0.29, 0.717) is 0 Å². The van der Waals surface area contributed by atoms with E-state index in [1.807, 2.05) is 6.92 Å². The third-order valence-electron chi connectivity index (χ3n) is 1.84. The Morgan fingerprint density at radius 1 is 1.67 bits per heavy atom. The number of aldehydes is 1. The van der Waals surface area contributed by atoms with Gasteiger partial charge in [-0.05, 0) is 19.8 Å². The van der Waals surface area contributed by atoms with E-state index in [2.05, 4.69) is 0 Å². The highest BCUT2D eigenvalue weighted by Crippen LogP contribution is 2.17. The number of hydrogen-bond donors (Lipinski definition) is 0. The van der Waals surface area contributed by atoms with Crippen LogP contribution in [0.2, 0.25) is 0 Å². The highest BCUT2D eigenvalue weighted by atomic mass is 16.5. The third kappa shape index (κ3) is 1.52. The Labute approximate surface area is 55.2 Å². The van der Waals surface area contributed by atoms with Crippen LogP contribution < -0.4 is 0 Å². The molecule has 1 saturated heterocycles. The Hall–Kier alpha value is -0.370. The van der Waals surface area contributed by atoms with Crippen molar-refractivity contribution >= 4 is 6.29 Å². The Kier molecular flexibility index (Phi) is 2.22. The summed E-state index contributed by atoms with van der Waals surface area (Å²) in [5.74, 6) is 0.152. The second kappa shape index (κ2) is 2.97. The van der Waals surface area contributed by atoms with E-state index in [1.54, 1.807) is 0 Å². The maximum Gasteiger partial charge on any atom is 0.125 e. The van der Waals surface area contributed by atoms with E-state index >= 15 is 0 Å². The molecule has 1 aliphatic heterocycles. The zero-order chi connectivity index (χ0) is 6.69. The molecule has 0 aromatic rings. The van der Waals surface area contributed by atoms with Crippen molar-refractivity contribution in [3.05, 3.63) is 0 Å². The van der Waals surface area contributed by atoms with Gasteiger partial charge in [0.15, 0.2) is 0 Å². The molecule has 2 atom stereocenters. The summed E-state index contributed by atoms with van der Waals surface area (Å²) in [6.07, 6.45) is 3.19. The van der Waals surface area contributed by atoms with Crippen LogP contribution in [0.15, 0.2) is 0 Å². The molecule has 1 heterocycles. The van der Waals surface area contributed by atoms with Crippen molar-refractivity contribution in [3.63, 3.8) is 0 Å². The molecule has 0 saturated carbocycles. The van der Waals surface area contributed by atoms with E-state index < -0.39 is 0 Å². The molecule has 52 valence electrons. The van der Waals surface area contributed by atoms with Gasteiger partial charge in [-0.15, -0.1) is 0 Å². The predicted octanol–water partition coefficient (Wildman–Crippen LogP) is 1.00. The lowest BCUT2D eigenvalue weighted by Gasteiger charge is -2.24. The first-order chi connectivity index (χ1) is 4.34. The summed E-state index contributed by atoms with van der Waals surface area (Å²) in [4.78, 5) is 10.3. The minimum atomic E-state index is 0.149. The standard InChI is InChI=1S/C7H12O2/c1-6-7(5-8)3-2-4-9-6/h5-7H,2-4H2,1H3/t6-,7-/m1/s1. The van der Waals surface area contributed by atoms with Crippen LogP contribution in [-0.4, -0.2) is 19.0 Å². The number of rotatable bonds is 1. The monoisotopic (exact) mass is 128 g/mol. The zero-order valence-electron chi connectivity index (χ0n) is 5.67. The fourth-order valence-corrected chi connectivity index (χ4v) is 1.13. The summed E-state index contributed by atoms with van der Waals surface area (Å²) >= 11 is 0. The highest BCUT2D eigenvalue weighted by Gasteiger charge is 2.20. The first-order valence-electron chi connectivity index (χ1n) is 3.41. The number of carbonyl (C=O) groups excluding carboxylic acids is 1. The van der Waals surface area contributed by atoms with Crippen molar-refractivity contribution in [2.75, 3.05) is 6.61 Å². The quantitative estimate of drug-likeness (QED) is 0.492. The highest BCUT2D eigenvalue weighted by molar-refractivity contribution is 5.54. The Morgan fingerprint density at radius 3 is 2.89 bits per heavy atom. The molecule has 0 aromatic carbocycles. The Bertz CT molecular complexity index is 101. The molecule has 2 heteroatoms. The number of ether oxygens (including phenoxy) is 1. The molecule has 0 radical (unpaired) electrons. The minimum absolute atomic E-state index is 0.149. The lowest BCUT2D eigenvalue weighted by atomic mass is 9.97. The van der Waals surface area contributed by atoms with Crippen molar-refractivity contribution in [1.29, 1.82) is 0 Å². The SMILES string of the molecule is C[C@H]1OCCC[C@@H]1C=O. The van der Waals surface area contributed by atoms with Crippen molar-refractivity contribution in [2.45, 2.75) is 25.9 Å². The molecule has 0 spiro atoms. The van der Waals surface area contributed by atoms with E-state index in [4.69, 9.17) is 4.74 Å². The van der Waals surface area contributed by atoms with Gasteiger partial charge in [0.2, 0.25) is 0 Å². The van der Waals surface area contributed by atoms with Gasteiger partial charge in [-0.25, -0.2) is 0 Å². The fourth-order valence-electron chi connectivity index (χ4n) is 1.13. The van der Waals surface area contributed by atoms with Crippen LogP contribution in [0.3, 0.4) is 0 Å². The first-order valence-corrected chi connectivity index (χ1v) is 3.41. The van der Waals surface area contributed by atoms with Crippen LogP contribution in [0.4, 0.5) is 0 Å². The maximum atomic E-state index is 10.3. The molecule has 2 nitrogen and oxygen atoms in total. The summed E-state index contributed by atoms with van der Waals surface area (Å²) in [7, 11) is 0.